The van der Waals surface area contributed by atoms with E-state index in [1.807, 2.05) is 0 Å². The summed E-state index contributed by atoms with van der Waals surface area (Å²) in [7, 11) is 2.95. The molecule has 0 atom stereocenters. The highest BCUT2D eigenvalue weighted by atomic mass is 16.5. The van der Waals surface area contributed by atoms with Gasteiger partial charge in [-0.05, 0) is 12.1 Å². The van der Waals surface area contributed by atoms with Crippen molar-refractivity contribution in [2.45, 2.75) is 0 Å². The third-order valence-corrected chi connectivity index (χ3v) is 2.51. The molecule has 0 aliphatic rings. The van der Waals surface area contributed by atoms with E-state index in [1.54, 1.807) is 25.3 Å². The summed E-state index contributed by atoms with van der Waals surface area (Å²) in [5, 5.41) is 3.11. The van der Waals surface area contributed by atoms with E-state index in [9.17, 15) is 4.79 Å². The van der Waals surface area contributed by atoms with Crippen molar-refractivity contribution in [1.82, 2.24) is 0 Å². The summed E-state index contributed by atoms with van der Waals surface area (Å²) in [6.45, 7) is 2.25. The van der Waals surface area contributed by atoms with Crippen LogP contribution in [0.15, 0.2) is 18.2 Å². The molecule has 0 aliphatic carbocycles. The summed E-state index contributed by atoms with van der Waals surface area (Å²) < 4.78 is 14.8. The predicted octanol–water partition coefficient (Wildman–Crippen LogP) is 1.13. The molecule has 0 spiro atoms. The molecule has 106 valence electrons. The average Bonchev–Trinajstić information content (AvgIpc) is 2.43. The Morgan fingerprint density at radius 1 is 1.26 bits per heavy atom. The smallest absolute Gasteiger partial charge is 0.340 e. The number of nitrogens with two attached hydrogens (primary N) is 1. The quantitative estimate of drug-likeness (QED) is 0.418. The van der Waals surface area contributed by atoms with E-state index in [0.717, 1.165) is 0 Å². The standard InChI is InChI=1S/C13H20N2O4/c1-17-8-9-19-7-6-15-11-5-3-4-10(12(11)14)13(16)18-2/h3-5,15H,6-9,14H2,1-2H3. The molecular formula is C13H20N2O4. The number of carbonyl (C=O) groups is 1. The molecule has 0 saturated heterocycles. The van der Waals surface area contributed by atoms with Crippen LogP contribution in [0.5, 0.6) is 0 Å². The first-order chi connectivity index (χ1) is 9.20. The molecule has 3 N–H and O–H groups in total. The second-order valence-electron chi connectivity index (χ2n) is 3.79. The number of hydrogen-bond acceptors (Lipinski definition) is 6. The molecule has 0 aromatic heterocycles. The molecule has 0 fully saturated rings. The SMILES string of the molecule is COCCOCCNc1cccc(C(=O)OC)c1N. The third kappa shape index (κ3) is 4.76. The second kappa shape index (κ2) is 8.34. The monoisotopic (exact) mass is 268 g/mol. The van der Waals surface area contributed by atoms with Gasteiger partial charge in [0, 0.05) is 13.7 Å². The van der Waals surface area contributed by atoms with Crippen LogP contribution in [0, 0.1) is 0 Å². The Kier molecular flexibility index (Phi) is 6.70. The first kappa shape index (κ1) is 15.3. The molecule has 0 unspecified atom stereocenters. The number of nitrogen functional groups attached to an aromatic ring is 1. The van der Waals surface area contributed by atoms with E-state index in [0.29, 0.717) is 43.3 Å². The number of benzene rings is 1. The van der Waals surface area contributed by atoms with Gasteiger partial charge in [0.15, 0.2) is 0 Å². The van der Waals surface area contributed by atoms with Gasteiger partial charge < -0.3 is 25.3 Å². The highest BCUT2D eigenvalue weighted by Crippen LogP contribution is 2.23. The number of carbonyl (C=O) groups excluding carboxylic acids is 1. The summed E-state index contributed by atoms with van der Waals surface area (Å²) in [5.74, 6) is -0.447. The minimum atomic E-state index is -0.447. The molecule has 1 aromatic rings. The van der Waals surface area contributed by atoms with Crippen molar-refractivity contribution in [1.29, 1.82) is 0 Å². The molecule has 0 saturated carbocycles. The predicted molar refractivity (Wildman–Crippen MR) is 73.4 cm³/mol. The number of anilines is 2. The van der Waals surface area contributed by atoms with Crippen molar-refractivity contribution in [3.05, 3.63) is 23.8 Å². The third-order valence-electron chi connectivity index (χ3n) is 2.51. The van der Waals surface area contributed by atoms with Crippen molar-refractivity contribution in [2.75, 3.05) is 51.6 Å². The summed E-state index contributed by atoms with van der Waals surface area (Å²) in [5.41, 5.74) is 7.33. The average molecular weight is 268 g/mol. The van der Waals surface area contributed by atoms with Gasteiger partial charge in [0.25, 0.3) is 0 Å². The second-order valence-corrected chi connectivity index (χ2v) is 3.79. The van der Waals surface area contributed by atoms with E-state index in [2.05, 4.69) is 10.1 Å². The molecule has 0 aliphatic heterocycles. The zero-order valence-corrected chi connectivity index (χ0v) is 11.3. The van der Waals surface area contributed by atoms with Gasteiger partial charge in [0.2, 0.25) is 0 Å². The van der Waals surface area contributed by atoms with Crippen LogP contribution >= 0.6 is 0 Å². The van der Waals surface area contributed by atoms with Gasteiger partial charge in [-0.2, -0.15) is 0 Å². The lowest BCUT2D eigenvalue weighted by Gasteiger charge is -2.12. The molecule has 0 amide bonds. The lowest BCUT2D eigenvalue weighted by molar-refractivity contribution is 0.0602. The number of nitrogens with one attached hydrogen (secondary N) is 1. The number of para-hydroxylation sites is 1. The molecule has 0 heterocycles. The normalized spacial score (nSPS) is 10.2. The van der Waals surface area contributed by atoms with E-state index in [1.165, 1.54) is 7.11 Å². The number of esters is 1. The van der Waals surface area contributed by atoms with Crippen LogP contribution in [0.25, 0.3) is 0 Å². The number of rotatable bonds is 8. The van der Waals surface area contributed by atoms with E-state index >= 15 is 0 Å². The van der Waals surface area contributed by atoms with Crippen molar-refractivity contribution in [3.63, 3.8) is 0 Å². The van der Waals surface area contributed by atoms with Crippen molar-refractivity contribution in [2.24, 2.45) is 0 Å². The van der Waals surface area contributed by atoms with Crippen LogP contribution in [0.3, 0.4) is 0 Å². The minimum absolute atomic E-state index is 0.354. The van der Waals surface area contributed by atoms with Gasteiger partial charge in [-0.25, -0.2) is 4.79 Å². The van der Waals surface area contributed by atoms with Crippen LogP contribution in [0.1, 0.15) is 10.4 Å². The molecule has 19 heavy (non-hydrogen) atoms. The van der Waals surface area contributed by atoms with Gasteiger partial charge in [-0.15, -0.1) is 0 Å². The van der Waals surface area contributed by atoms with Crippen LogP contribution in [-0.2, 0) is 14.2 Å². The largest absolute Gasteiger partial charge is 0.465 e. The number of methoxy groups -OCH3 is 2. The maximum absolute atomic E-state index is 11.5. The Labute approximate surface area is 112 Å². The first-order valence-electron chi connectivity index (χ1n) is 5.98. The van der Waals surface area contributed by atoms with Gasteiger partial charge in [0.1, 0.15) is 0 Å². The molecule has 6 nitrogen and oxygen atoms in total. The minimum Gasteiger partial charge on any atom is -0.465 e. The highest BCUT2D eigenvalue weighted by Gasteiger charge is 2.12. The van der Waals surface area contributed by atoms with Crippen LogP contribution < -0.4 is 11.1 Å². The first-order valence-corrected chi connectivity index (χ1v) is 5.98. The molecule has 0 radical (unpaired) electrons. The zero-order chi connectivity index (χ0) is 14.1. The fraction of sp³-hybridized carbons (Fsp3) is 0.462. The van der Waals surface area contributed by atoms with Crippen LogP contribution in [0.4, 0.5) is 11.4 Å². The Morgan fingerprint density at radius 2 is 2.05 bits per heavy atom. The zero-order valence-electron chi connectivity index (χ0n) is 11.3. The topological polar surface area (TPSA) is 82.8 Å². The van der Waals surface area contributed by atoms with Crippen LogP contribution in [-0.4, -0.2) is 46.6 Å². The van der Waals surface area contributed by atoms with Gasteiger partial charge in [-0.3, -0.25) is 0 Å². The molecule has 0 bridgehead atoms. The summed E-state index contributed by atoms with van der Waals surface area (Å²) in [4.78, 5) is 11.5. The fourth-order valence-corrected chi connectivity index (χ4v) is 1.51. The maximum atomic E-state index is 11.5. The number of ether oxygens (including phenoxy) is 3. The number of hydrogen-bond donors (Lipinski definition) is 2. The summed E-state index contributed by atoms with van der Waals surface area (Å²) >= 11 is 0. The van der Waals surface area contributed by atoms with E-state index in [4.69, 9.17) is 15.2 Å². The lowest BCUT2D eigenvalue weighted by atomic mass is 10.1. The molecular weight excluding hydrogens is 248 g/mol. The van der Waals surface area contributed by atoms with Gasteiger partial charge in [-0.1, -0.05) is 6.07 Å². The molecule has 1 aromatic carbocycles. The highest BCUT2D eigenvalue weighted by molar-refractivity contribution is 5.98. The Morgan fingerprint density at radius 3 is 2.74 bits per heavy atom. The maximum Gasteiger partial charge on any atom is 0.340 e. The lowest BCUT2D eigenvalue weighted by Crippen LogP contribution is -2.14. The van der Waals surface area contributed by atoms with Crippen molar-refractivity contribution in [3.8, 4) is 0 Å². The van der Waals surface area contributed by atoms with E-state index in [-0.39, 0.29) is 0 Å². The fourth-order valence-electron chi connectivity index (χ4n) is 1.51. The molecule has 1 rings (SSSR count). The Hall–Kier alpha value is -1.79. The van der Waals surface area contributed by atoms with Crippen LogP contribution in [0.2, 0.25) is 0 Å². The molecule has 6 heteroatoms. The Bertz CT molecular complexity index is 410. The Balaban J connectivity index is 2.48. The van der Waals surface area contributed by atoms with Gasteiger partial charge in [0.05, 0.1) is 43.9 Å². The summed E-state index contributed by atoms with van der Waals surface area (Å²) in [6, 6.07) is 5.18. The summed E-state index contributed by atoms with van der Waals surface area (Å²) in [6.07, 6.45) is 0. The van der Waals surface area contributed by atoms with E-state index < -0.39 is 5.97 Å². The van der Waals surface area contributed by atoms with Crippen molar-refractivity contribution < 1.29 is 19.0 Å². The van der Waals surface area contributed by atoms with Gasteiger partial charge >= 0.3 is 5.97 Å². The van der Waals surface area contributed by atoms with Crippen molar-refractivity contribution >= 4 is 17.3 Å².